The molecule has 3 rings (SSSR count). The summed E-state index contributed by atoms with van der Waals surface area (Å²) in [4.78, 5) is 18.8. The number of piperazine rings is 1. The lowest BCUT2D eigenvalue weighted by atomic mass is 10.1. The Hall–Kier alpha value is -1.10. The fraction of sp³-hybridized carbons (Fsp3) is 0.588. The van der Waals surface area contributed by atoms with Gasteiger partial charge in [0.05, 0.1) is 6.04 Å². The number of amides is 1. The molecule has 2 fully saturated rings. The van der Waals surface area contributed by atoms with Gasteiger partial charge in [-0.15, -0.1) is 0 Å². The molecule has 0 aromatic heterocycles. The molecular weight excluding hydrogens is 298 g/mol. The van der Waals surface area contributed by atoms with Crippen LogP contribution in [0.3, 0.4) is 0 Å². The van der Waals surface area contributed by atoms with Gasteiger partial charge in [0.1, 0.15) is 0 Å². The van der Waals surface area contributed by atoms with Gasteiger partial charge < -0.3 is 4.90 Å². The first kappa shape index (κ1) is 15.8. The molecule has 0 spiro atoms. The van der Waals surface area contributed by atoms with Crippen molar-refractivity contribution in [1.29, 1.82) is 0 Å². The van der Waals surface area contributed by atoms with Gasteiger partial charge in [-0.1, -0.05) is 23.7 Å². The molecule has 2 heterocycles. The predicted octanol–water partition coefficient (Wildman–Crippen LogP) is 2.25. The highest BCUT2D eigenvalue weighted by Crippen LogP contribution is 2.25. The van der Waals surface area contributed by atoms with E-state index in [0.29, 0.717) is 11.9 Å². The number of carbonyl (C=O) groups is 1. The molecule has 1 amide bonds. The van der Waals surface area contributed by atoms with Crippen LogP contribution in [0.15, 0.2) is 24.3 Å². The van der Waals surface area contributed by atoms with Crippen LogP contribution in [-0.4, -0.2) is 66.4 Å². The number of benzene rings is 1. The lowest BCUT2D eigenvalue weighted by Gasteiger charge is -2.40. The molecule has 120 valence electrons. The Morgan fingerprint density at radius 2 is 1.73 bits per heavy atom. The third-order valence-corrected chi connectivity index (χ3v) is 5.34. The predicted molar refractivity (Wildman–Crippen MR) is 89.1 cm³/mol. The molecule has 2 saturated heterocycles. The van der Waals surface area contributed by atoms with Crippen LogP contribution in [-0.2, 0) is 4.79 Å². The summed E-state index contributed by atoms with van der Waals surface area (Å²) in [7, 11) is 1.90. The highest BCUT2D eigenvalue weighted by Gasteiger charge is 2.35. The molecule has 5 heteroatoms. The summed E-state index contributed by atoms with van der Waals surface area (Å²) in [6.07, 6.45) is 0.974. The number of nitrogens with zero attached hydrogens (tertiary/aromatic N) is 3. The second-order valence-electron chi connectivity index (χ2n) is 6.36. The zero-order valence-electron chi connectivity index (χ0n) is 13.3. The quantitative estimate of drug-likeness (QED) is 0.854. The van der Waals surface area contributed by atoms with Gasteiger partial charge in [-0.05, 0) is 31.0 Å². The van der Waals surface area contributed by atoms with E-state index in [1.807, 2.05) is 24.1 Å². The number of likely N-dealkylation sites (N-methyl/N-ethyl adjacent to an activating group) is 1. The summed E-state index contributed by atoms with van der Waals surface area (Å²) in [5.74, 6) is 0.291. The topological polar surface area (TPSA) is 26.8 Å². The zero-order valence-corrected chi connectivity index (χ0v) is 14.1. The molecular formula is C17H24ClN3O. The molecule has 4 nitrogen and oxygen atoms in total. The maximum Gasteiger partial charge on any atom is 0.239 e. The van der Waals surface area contributed by atoms with Crippen molar-refractivity contribution in [1.82, 2.24) is 14.7 Å². The average molecular weight is 322 g/mol. The SMILES string of the molecule is C[C@H](c1ccc(Cl)cc1)N1CCN([C@@H]2CCN(C)C2=O)CC1. The van der Waals surface area contributed by atoms with Crippen molar-refractivity contribution in [3.8, 4) is 0 Å². The lowest BCUT2D eigenvalue weighted by molar-refractivity contribution is -0.131. The average Bonchev–Trinajstić information content (AvgIpc) is 2.87. The summed E-state index contributed by atoms with van der Waals surface area (Å²) >= 11 is 5.96. The van der Waals surface area contributed by atoms with E-state index in [-0.39, 0.29) is 6.04 Å². The molecule has 22 heavy (non-hydrogen) atoms. The van der Waals surface area contributed by atoms with E-state index >= 15 is 0 Å². The molecule has 0 aliphatic carbocycles. The van der Waals surface area contributed by atoms with Crippen molar-refractivity contribution in [3.05, 3.63) is 34.9 Å². The van der Waals surface area contributed by atoms with E-state index in [0.717, 1.165) is 44.2 Å². The largest absolute Gasteiger partial charge is 0.344 e. The Balaban J connectivity index is 1.57. The number of likely N-dealkylation sites (tertiary alicyclic amines) is 1. The molecule has 0 saturated carbocycles. The van der Waals surface area contributed by atoms with Crippen molar-refractivity contribution < 1.29 is 4.79 Å². The van der Waals surface area contributed by atoms with Crippen molar-refractivity contribution >= 4 is 17.5 Å². The second kappa shape index (κ2) is 6.57. The van der Waals surface area contributed by atoms with E-state index in [1.165, 1.54) is 5.56 Å². The number of halogens is 1. The molecule has 2 atom stereocenters. The van der Waals surface area contributed by atoms with Crippen molar-refractivity contribution in [2.24, 2.45) is 0 Å². The second-order valence-corrected chi connectivity index (χ2v) is 6.80. The van der Waals surface area contributed by atoms with Gasteiger partial charge in [-0.25, -0.2) is 0 Å². The molecule has 0 N–H and O–H groups in total. The monoisotopic (exact) mass is 321 g/mol. The van der Waals surface area contributed by atoms with Crippen LogP contribution >= 0.6 is 11.6 Å². The standard InChI is InChI=1S/C17H24ClN3O/c1-13(14-3-5-15(18)6-4-14)20-9-11-21(12-10-20)16-7-8-19(2)17(16)22/h3-6,13,16H,7-12H2,1-2H3/t13-,16-/m1/s1. The number of hydrogen-bond donors (Lipinski definition) is 0. The van der Waals surface area contributed by atoms with E-state index in [9.17, 15) is 4.79 Å². The van der Waals surface area contributed by atoms with Gasteiger partial charge >= 0.3 is 0 Å². The molecule has 1 aromatic rings. The Bertz CT molecular complexity index is 525. The van der Waals surface area contributed by atoms with Crippen LogP contribution in [0.1, 0.15) is 24.9 Å². The fourth-order valence-corrected chi connectivity index (χ4v) is 3.66. The van der Waals surface area contributed by atoms with Gasteiger partial charge in [-0.2, -0.15) is 0 Å². The van der Waals surface area contributed by atoms with E-state index in [4.69, 9.17) is 11.6 Å². The van der Waals surface area contributed by atoms with Gasteiger partial charge in [-0.3, -0.25) is 14.6 Å². The van der Waals surface area contributed by atoms with E-state index in [2.05, 4.69) is 28.9 Å². The summed E-state index contributed by atoms with van der Waals surface area (Å²) < 4.78 is 0. The van der Waals surface area contributed by atoms with Crippen LogP contribution in [0.5, 0.6) is 0 Å². The summed E-state index contributed by atoms with van der Waals surface area (Å²) in [6.45, 7) is 7.11. The third-order valence-electron chi connectivity index (χ3n) is 5.09. The summed E-state index contributed by atoms with van der Waals surface area (Å²) in [5, 5.41) is 0.782. The van der Waals surface area contributed by atoms with Crippen molar-refractivity contribution in [2.45, 2.75) is 25.4 Å². The minimum Gasteiger partial charge on any atom is -0.344 e. The van der Waals surface area contributed by atoms with Crippen LogP contribution in [0.2, 0.25) is 5.02 Å². The first-order valence-electron chi connectivity index (χ1n) is 8.05. The Labute approximate surface area is 137 Å². The molecule has 1 aromatic carbocycles. The van der Waals surface area contributed by atoms with Crippen LogP contribution < -0.4 is 0 Å². The Morgan fingerprint density at radius 1 is 1.09 bits per heavy atom. The number of hydrogen-bond acceptors (Lipinski definition) is 3. The molecule has 0 bridgehead atoms. The highest BCUT2D eigenvalue weighted by molar-refractivity contribution is 6.30. The molecule has 0 unspecified atom stereocenters. The molecule has 2 aliphatic rings. The van der Waals surface area contributed by atoms with Crippen LogP contribution in [0.4, 0.5) is 0 Å². The van der Waals surface area contributed by atoms with Crippen LogP contribution in [0, 0.1) is 0 Å². The maximum absolute atomic E-state index is 12.1. The summed E-state index contributed by atoms with van der Waals surface area (Å²) in [6, 6.07) is 8.62. The first-order chi connectivity index (χ1) is 10.6. The first-order valence-corrected chi connectivity index (χ1v) is 8.42. The number of rotatable bonds is 3. The zero-order chi connectivity index (χ0) is 15.7. The lowest BCUT2D eigenvalue weighted by Crippen LogP contribution is -2.52. The van der Waals surface area contributed by atoms with Crippen molar-refractivity contribution in [2.75, 3.05) is 39.8 Å². The van der Waals surface area contributed by atoms with Gasteiger partial charge in [0.15, 0.2) is 0 Å². The Kier molecular flexibility index (Phi) is 4.71. The molecule has 2 aliphatic heterocycles. The summed E-state index contributed by atoms with van der Waals surface area (Å²) in [5.41, 5.74) is 1.30. The molecule has 0 radical (unpaired) electrons. The number of carbonyl (C=O) groups excluding carboxylic acids is 1. The van der Waals surface area contributed by atoms with Crippen molar-refractivity contribution in [3.63, 3.8) is 0 Å². The minimum atomic E-state index is 0.109. The van der Waals surface area contributed by atoms with E-state index < -0.39 is 0 Å². The van der Waals surface area contributed by atoms with Crippen LogP contribution in [0.25, 0.3) is 0 Å². The maximum atomic E-state index is 12.1. The van der Waals surface area contributed by atoms with Gasteiger partial charge in [0.25, 0.3) is 0 Å². The van der Waals surface area contributed by atoms with Gasteiger partial charge in [0, 0.05) is 50.8 Å². The minimum absolute atomic E-state index is 0.109. The smallest absolute Gasteiger partial charge is 0.239 e. The van der Waals surface area contributed by atoms with E-state index in [1.54, 1.807) is 0 Å². The fourth-order valence-electron chi connectivity index (χ4n) is 3.53. The normalized spacial score (nSPS) is 25.7. The third kappa shape index (κ3) is 3.14. The highest BCUT2D eigenvalue weighted by atomic mass is 35.5. The van der Waals surface area contributed by atoms with Gasteiger partial charge in [0.2, 0.25) is 5.91 Å². The Morgan fingerprint density at radius 3 is 2.27 bits per heavy atom.